The second kappa shape index (κ2) is 4.19. The zero-order chi connectivity index (χ0) is 12.7. The van der Waals surface area contributed by atoms with Gasteiger partial charge in [-0.25, -0.2) is 4.68 Å². The Morgan fingerprint density at radius 3 is 3.00 bits per heavy atom. The van der Waals surface area contributed by atoms with Crippen LogP contribution in [-0.2, 0) is 0 Å². The fourth-order valence-corrected chi connectivity index (χ4v) is 3.16. The quantitative estimate of drug-likeness (QED) is 0.847. The van der Waals surface area contributed by atoms with Crippen LogP contribution in [0.15, 0.2) is 42.1 Å². The number of nitrogens with one attached hydrogen (secondary N) is 1. The molecule has 1 N–H and O–H groups in total. The molecule has 0 fully saturated rings. The van der Waals surface area contributed by atoms with E-state index < -0.39 is 0 Å². The maximum absolute atomic E-state index is 4.17. The number of hydrogen-bond donors (Lipinski definition) is 1. The molecule has 2 aromatic rings. The third kappa shape index (κ3) is 1.65. The first-order valence-corrected chi connectivity index (χ1v) is 6.73. The molecule has 1 aromatic carbocycles. The lowest BCUT2D eigenvalue weighted by molar-refractivity contribution is 0.341. The molecule has 0 spiro atoms. The zero-order valence-corrected chi connectivity index (χ0v) is 10.5. The Kier molecular flexibility index (Phi) is 2.36. The lowest BCUT2D eigenvalue weighted by atomic mass is 9.82. The number of benzene rings is 1. The van der Waals surface area contributed by atoms with Crippen molar-refractivity contribution in [3.63, 3.8) is 0 Å². The summed E-state index contributed by atoms with van der Waals surface area (Å²) in [5.41, 5.74) is 2.55. The van der Waals surface area contributed by atoms with Gasteiger partial charge in [0.25, 0.3) is 0 Å². The second-order valence-electron chi connectivity index (χ2n) is 5.12. The van der Waals surface area contributed by atoms with Crippen LogP contribution in [0.25, 0.3) is 0 Å². The molecule has 4 rings (SSSR count). The van der Waals surface area contributed by atoms with Crippen molar-refractivity contribution in [1.29, 1.82) is 0 Å². The molecule has 0 saturated heterocycles. The summed E-state index contributed by atoms with van der Waals surface area (Å²) in [7, 11) is 0. The van der Waals surface area contributed by atoms with E-state index in [0.29, 0.717) is 5.92 Å². The number of fused-ring (bicyclic) bond motifs is 2. The minimum atomic E-state index is 0.207. The molecule has 5 heteroatoms. The summed E-state index contributed by atoms with van der Waals surface area (Å²) in [6, 6.07) is 10.7. The van der Waals surface area contributed by atoms with Gasteiger partial charge in [0.15, 0.2) is 0 Å². The Balaban J connectivity index is 1.87. The number of anilines is 1. The normalized spacial score (nSPS) is 24.9. The fourth-order valence-electron chi connectivity index (χ4n) is 3.16. The fraction of sp³-hybridized carbons (Fsp3) is 0.357. The van der Waals surface area contributed by atoms with Gasteiger partial charge in [-0.1, -0.05) is 41.5 Å². The SMILES string of the molecule is C1=C2Nc3nnnn3[C@H](c3ccccc3)[C@H]2CCC1. The van der Waals surface area contributed by atoms with Crippen LogP contribution in [0.4, 0.5) is 5.95 Å². The molecule has 96 valence electrons. The molecule has 1 aliphatic carbocycles. The molecule has 0 amide bonds. The summed E-state index contributed by atoms with van der Waals surface area (Å²) < 4.78 is 1.92. The molecule has 2 heterocycles. The summed E-state index contributed by atoms with van der Waals surface area (Å²) in [6.45, 7) is 0. The molecule has 0 saturated carbocycles. The van der Waals surface area contributed by atoms with Gasteiger partial charge in [-0.15, -0.1) is 0 Å². The summed E-state index contributed by atoms with van der Waals surface area (Å²) in [6.07, 6.45) is 5.85. The van der Waals surface area contributed by atoms with E-state index in [0.717, 1.165) is 12.4 Å². The van der Waals surface area contributed by atoms with Gasteiger partial charge in [0.1, 0.15) is 0 Å². The van der Waals surface area contributed by atoms with Gasteiger partial charge in [-0.3, -0.25) is 0 Å². The highest BCUT2D eigenvalue weighted by molar-refractivity contribution is 5.43. The van der Waals surface area contributed by atoms with E-state index in [1.807, 2.05) is 10.7 Å². The molecule has 2 atom stereocenters. The van der Waals surface area contributed by atoms with Gasteiger partial charge in [-0.2, -0.15) is 0 Å². The largest absolute Gasteiger partial charge is 0.327 e. The topological polar surface area (TPSA) is 55.6 Å². The van der Waals surface area contributed by atoms with Crippen molar-refractivity contribution in [2.45, 2.75) is 25.3 Å². The molecular formula is C14H15N5. The molecule has 1 aromatic heterocycles. The first-order valence-electron chi connectivity index (χ1n) is 6.73. The van der Waals surface area contributed by atoms with Crippen molar-refractivity contribution in [3.8, 4) is 0 Å². The van der Waals surface area contributed by atoms with E-state index in [9.17, 15) is 0 Å². The van der Waals surface area contributed by atoms with Gasteiger partial charge in [-0.05, 0) is 35.3 Å². The van der Waals surface area contributed by atoms with Crippen LogP contribution in [0.1, 0.15) is 30.9 Å². The Labute approximate surface area is 111 Å². The Morgan fingerprint density at radius 1 is 1.21 bits per heavy atom. The molecule has 0 bridgehead atoms. The van der Waals surface area contributed by atoms with E-state index >= 15 is 0 Å². The number of aromatic nitrogens is 4. The highest BCUT2D eigenvalue weighted by atomic mass is 15.6. The van der Waals surface area contributed by atoms with Crippen molar-refractivity contribution >= 4 is 5.95 Å². The summed E-state index contributed by atoms with van der Waals surface area (Å²) in [5.74, 6) is 1.20. The number of allylic oxidation sites excluding steroid dienone is 2. The minimum absolute atomic E-state index is 0.207. The molecule has 5 nitrogen and oxygen atoms in total. The highest BCUT2D eigenvalue weighted by Crippen LogP contribution is 2.41. The van der Waals surface area contributed by atoms with E-state index in [1.54, 1.807) is 0 Å². The number of tetrazole rings is 1. The first-order chi connectivity index (χ1) is 9.43. The van der Waals surface area contributed by atoms with Gasteiger partial charge < -0.3 is 5.32 Å². The monoisotopic (exact) mass is 253 g/mol. The number of nitrogens with zero attached hydrogens (tertiary/aromatic N) is 4. The third-order valence-corrected chi connectivity index (χ3v) is 4.02. The maximum atomic E-state index is 4.17. The molecule has 2 aliphatic rings. The molecule has 0 radical (unpaired) electrons. The van der Waals surface area contributed by atoms with E-state index in [4.69, 9.17) is 0 Å². The van der Waals surface area contributed by atoms with Crippen molar-refractivity contribution < 1.29 is 0 Å². The van der Waals surface area contributed by atoms with Crippen LogP contribution in [0.2, 0.25) is 0 Å². The average Bonchev–Trinajstić information content (AvgIpc) is 2.93. The average molecular weight is 253 g/mol. The predicted octanol–water partition coefficient (Wildman–Crippen LogP) is 2.37. The van der Waals surface area contributed by atoms with Crippen molar-refractivity contribution in [1.82, 2.24) is 20.2 Å². The first kappa shape index (κ1) is 10.7. The summed E-state index contributed by atoms with van der Waals surface area (Å²) in [5, 5.41) is 15.4. The van der Waals surface area contributed by atoms with Gasteiger partial charge in [0.2, 0.25) is 5.95 Å². The molecule has 1 aliphatic heterocycles. The lowest BCUT2D eigenvalue weighted by Gasteiger charge is -2.36. The zero-order valence-electron chi connectivity index (χ0n) is 10.5. The summed E-state index contributed by atoms with van der Waals surface area (Å²) in [4.78, 5) is 0. The third-order valence-electron chi connectivity index (χ3n) is 4.02. The Hall–Kier alpha value is -2.17. The van der Waals surface area contributed by atoms with Crippen LogP contribution in [0.3, 0.4) is 0 Å². The highest BCUT2D eigenvalue weighted by Gasteiger charge is 2.36. The minimum Gasteiger partial charge on any atom is -0.327 e. The van der Waals surface area contributed by atoms with E-state index in [1.165, 1.54) is 24.1 Å². The van der Waals surface area contributed by atoms with Crippen molar-refractivity contribution in [3.05, 3.63) is 47.7 Å². The summed E-state index contributed by atoms with van der Waals surface area (Å²) >= 11 is 0. The van der Waals surface area contributed by atoms with Crippen LogP contribution < -0.4 is 5.32 Å². The van der Waals surface area contributed by atoms with Crippen LogP contribution >= 0.6 is 0 Å². The van der Waals surface area contributed by atoms with E-state index in [-0.39, 0.29) is 6.04 Å². The van der Waals surface area contributed by atoms with E-state index in [2.05, 4.69) is 51.2 Å². The van der Waals surface area contributed by atoms with Gasteiger partial charge in [0.05, 0.1) is 6.04 Å². The van der Waals surface area contributed by atoms with Crippen LogP contribution in [0.5, 0.6) is 0 Å². The van der Waals surface area contributed by atoms with Crippen molar-refractivity contribution in [2.75, 3.05) is 5.32 Å². The Morgan fingerprint density at radius 2 is 2.11 bits per heavy atom. The van der Waals surface area contributed by atoms with Crippen molar-refractivity contribution in [2.24, 2.45) is 5.92 Å². The standard InChI is InChI=1S/C14H15N5/c1-2-6-10(7-3-1)13-11-8-4-5-9-12(11)15-14-16-17-18-19(13)14/h1-3,6-7,9,11,13H,4-5,8H2,(H,15,16,18)/t11-,13+/m0/s1. The van der Waals surface area contributed by atoms with Gasteiger partial charge in [0, 0.05) is 11.6 Å². The second-order valence-corrected chi connectivity index (χ2v) is 5.12. The number of hydrogen-bond acceptors (Lipinski definition) is 4. The predicted molar refractivity (Wildman–Crippen MR) is 71.4 cm³/mol. The molecule has 0 unspecified atom stereocenters. The lowest BCUT2D eigenvalue weighted by Crippen LogP contribution is -2.33. The molecule has 19 heavy (non-hydrogen) atoms. The number of rotatable bonds is 1. The van der Waals surface area contributed by atoms with Crippen LogP contribution in [-0.4, -0.2) is 20.2 Å². The Bertz CT molecular complexity index is 616. The van der Waals surface area contributed by atoms with Crippen LogP contribution in [0, 0.1) is 5.92 Å². The maximum Gasteiger partial charge on any atom is 0.247 e. The smallest absolute Gasteiger partial charge is 0.247 e. The van der Waals surface area contributed by atoms with Gasteiger partial charge >= 0.3 is 0 Å². The molecular weight excluding hydrogens is 238 g/mol.